The highest BCUT2D eigenvalue weighted by Gasteiger charge is 2.14. The fraction of sp³-hybridized carbons (Fsp3) is 0.182. The molecule has 2 amide bonds. The Hall–Kier alpha value is -3.52. The molecule has 154 valence electrons. The molecular weight excluding hydrogens is 400 g/mol. The van der Waals surface area contributed by atoms with Crippen molar-refractivity contribution in [1.82, 2.24) is 20.6 Å². The number of aromatic nitrogens is 2. The molecule has 0 fully saturated rings. The van der Waals surface area contributed by atoms with Gasteiger partial charge in [0.15, 0.2) is 0 Å². The van der Waals surface area contributed by atoms with Crippen molar-refractivity contribution in [3.8, 4) is 17.0 Å². The van der Waals surface area contributed by atoms with Crippen molar-refractivity contribution in [1.29, 1.82) is 0 Å². The Labute approximate surface area is 178 Å². The van der Waals surface area contributed by atoms with Crippen molar-refractivity contribution >= 4 is 29.2 Å². The summed E-state index contributed by atoms with van der Waals surface area (Å²) in [6.07, 6.45) is 6.50. The predicted octanol–water partition coefficient (Wildman–Crippen LogP) is 3.05. The first kappa shape index (κ1) is 21.2. The standard InChI is InChI=1S/C22H22N4O3S/c1-15(25-20(27)8-5-16-3-6-18(29-2)7-4-16)22(28)24-13-21-26-19(14-30-21)17-9-11-23-12-10-17/h3-12,14-15H,13H2,1-2H3,(H,24,28)(H,25,27)/b8-5+. The molecule has 2 aromatic heterocycles. The molecule has 30 heavy (non-hydrogen) atoms. The van der Waals surface area contributed by atoms with Gasteiger partial charge in [-0.2, -0.15) is 0 Å². The van der Waals surface area contributed by atoms with Crippen molar-refractivity contribution in [2.45, 2.75) is 19.5 Å². The van der Waals surface area contributed by atoms with Crippen LogP contribution in [0.15, 0.2) is 60.2 Å². The van der Waals surface area contributed by atoms with Gasteiger partial charge < -0.3 is 15.4 Å². The number of hydrogen-bond donors (Lipinski definition) is 2. The number of ether oxygens (including phenoxy) is 1. The van der Waals surface area contributed by atoms with Gasteiger partial charge in [0.25, 0.3) is 0 Å². The third-order valence-electron chi connectivity index (χ3n) is 4.24. The number of nitrogens with one attached hydrogen (secondary N) is 2. The van der Waals surface area contributed by atoms with Crippen molar-refractivity contribution in [3.63, 3.8) is 0 Å². The molecule has 3 aromatic rings. The van der Waals surface area contributed by atoms with Crippen molar-refractivity contribution in [3.05, 3.63) is 70.8 Å². The summed E-state index contributed by atoms with van der Waals surface area (Å²) in [7, 11) is 1.60. The van der Waals surface area contributed by atoms with E-state index in [2.05, 4.69) is 20.6 Å². The lowest BCUT2D eigenvalue weighted by Gasteiger charge is -2.12. The van der Waals surface area contributed by atoms with Gasteiger partial charge in [-0.1, -0.05) is 12.1 Å². The van der Waals surface area contributed by atoms with E-state index < -0.39 is 6.04 Å². The van der Waals surface area contributed by atoms with Crippen LogP contribution in [0.3, 0.4) is 0 Å². The van der Waals surface area contributed by atoms with E-state index in [0.29, 0.717) is 6.54 Å². The van der Waals surface area contributed by atoms with E-state index in [9.17, 15) is 9.59 Å². The fourth-order valence-electron chi connectivity index (χ4n) is 2.58. The minimum atomic E-state index is -0.669. The molecule has 2 heterocycles. The van der Waals surface area contributed by atoms with Crippen molar-refractivity contribution in [2.75, 3.05) is 7.11 Å². The monoisotopic (exact) mass is 422 g/mol. The first-order valence-corrected chi connectivity index (χ1v) is 10.2. The summed E-state index contributed by atoms with van der Waals surface area (Å²) in [6, 6.07) is 10.4. The van der Waals surface area contributed by atoms with Gasteiger partial charge in [0.05, 0.1) is 19.3 Å². The molecule has 2 N–H and O–H groups in total. The summed E-state index contributed by atoms with van der Waals surface area (Å²) in [6.45, 7) is 1.94. The molecule has 1 unspecified atom stereocenters. The normalized spacial score (nSPS) is 11.8. The second kappa shape index (κ2) is 10.3. The Morgan fingerprint density at radius 3 is 2.60 bits per heavy atom. The number of amides is 2. The number of benzene rings is 1. The summed E-state index contributed by atoms with van der Waals surface area (Å²) >= 11 is 1.47. The highest BCUT2D eigenvalue weighted by molar-refractivity contribution is 7.09. The Bertz CT molecular complexity index is 1020. The second-order valence-electron chi connectivity index (χ2n) is 6.42. The molecule has 0 radical (unpaired) electrons. The van der Waals surface area contributed by atoms with Crippen LogP contribution in [-0.2, 0) is 16.1 Å². The number of carbonyl (C=O) groups is 2. The highest BCUT2D eigenvalue weighted by atomic mass is 32.1. The van der Waals surface area contributed by atoms with Crippen molar-refractivity contribution < 1.29 is 14.3 Å². The molecule has 0 aliphatic rings. The van der Waals surface area contributed by atoms with Crippen LogP contribution in [-0.4, -0.2) is 34.9 Å². The molecule has 1 atom stereocenters. The van der Waals surface area contributed by atoms with Crippen LogP contribution in [0, 0.1) is 0 Å². The number of methoxy groups -OCH3 is 1. The van der Waals surface area contributed by atoms with Gasteiger partial charge in [-0.15, -0.1) is 11.3 Å². The molecule has 0 saturated carbocycles. The number of rotatable bonds is 8. The lowest BCUT2D eigenvalue weighted by atomic mass is 10.2. The summed E-state index contributed by atoms with van der Waals surface area (Å²) < 4.78 is 5.10. The third-order valence-corrected chi connectivity index (χ3v) is 5.09. The summed E-state index contributed by atoms with van der Waals surface area (Å²) in [5.74, 6) is 0.125. The Morgan fingerprint density at radius 1 is 1.17 bits per heavy atom. The fourth-order valence-corrected chi connectivity index (χ4v) is 3.32. The molecule has 1 aromatic carbocycles. The molecule has 8 heteroatoms. The van der Waals surface area contributed by atoms with Crippen LogP contribution < -0.4 is 15.4 Å². The number of nitrogens with zero attached hydrogens (tertiary/aromatic N) is 2. The molecular formula is C22H22N4O3S. The maximum Gasteiger partial charge on any atom is 0.244 e. The van der Waals surface area contributed by atoms with Gasteiger partial charge in [0.2, 0.25) is 11.8 Å². The van der Waals surface area contributed by atoms with Gasteiger partial charge in [-0.25, -0.2) is 4.98 Å². The topological polar surface area (TPSA) is 93.2 Å². The number of hydrogen-bond acceptors (Lipinski definition) is 6. The Balaban J connectivity index is 1.46. The number of pyridine rings is 1. The van der Waals surface area contributed by atoms with E-state index in [4.69, 9.17) is 4.74 Å². The van der Waals surface area contributed by atoms with E-state index in [-0.39, 0.29) is 11.8 Å². The quantitative estimate of drug-likeness (QED) is 0.544. The minimum Gasteiger partial charge on any atom is -0.497 e. The van der Waals surface area contributed by atoms with Gasteiger partial charge >= 0.3 is 0 Å². The molecule has 3 rings (SSSR count). The van der Waals surface area contributed by atoms with E-state index in [0.717, 1.165) is 27.6 Å². The van der Waals surface area contributed by atoms with Crippen molar-refractivity contribution in [2.24, 2.45) is 0 Å². The molecule has 0 aliphatic carbocycles. The van der Waals surface area contributed by atoms with E-state index in [1.54, 1.807) is 32.5 Å². The zero-order valence-corrected chi connectivity index (χ0v) is 17.5. The second-order valence-corrected chi connectivity index (χ2v) is 7.36. The van der Waals surface area contributed by atoms with Crippen LogP contribution in [0.5, 0.6) is 5.75 Å². The van der Waals surface area contributed by atoms with Gasteiger partial charge in [-0.05, 0) is 42.8 Å². The average molecular weight is 423 g/mol. The summed E-state index contributed by atoms with van der Waals surface area (Å²) in [5.41, 5.74) is 2.68. The Kier molecular flexibility index (Phi) is 7.29. The summed E-state index contributed by atoms with van der Waals surface area (Å²) in [5, 5.41) is 8.17. The van der Waals surface area contributed by atoms with Crippen LogP contribution in [0.25, 0.3) is 17.3 Å². The molecule has 0 saturated heterocycles. The maximum atomic E-state index is 12.3. The first-order chi connectivity index (χ1) is 14.5. The predicted molar refractivity (Wildman–Crippen MR) is 117 cm³/mol. The lowest BCUT2D eigenvalue weighted by molar-refractivity contribution is -0.126. The van der Waals surface area contributed by atoms with Gasteiger partial charge in [-0.3, -0.25) is 14.6 Å². The minimum absolute atomic E-state index is 0.276. The number of carbonyl (C=O) groups excluding carboxylic acids is 2. The third kappa shape index (κ3) is 5.99. The van der Waals surface area contributed by atoms with E-state index >= 15 is 0 Å². The van der Waals surface area contributed by atoms with Crippen LogP contribution in [0.2, 0.25) is 0 Å². The molecule has 0 spiro atoms. The largest absolute Gasteiger partial charge is 0.497 e. The SMILES string of the molecule is COc1ccc(/C=C/C(=O)NC(C)C(=O)NCc2nc(-c3ccncc3)cs2)cc1. The zero-order chi connectivity index (χ0) is 21.3. The first-order valence-electron chi connectivity index (χ1n) is 9.30. The highest BCUT2D eigenvalue weighted by Crippen LogP contribution is 2.20. The van der Waals surface area contributed by atoms with E-state index in [1.165, 1.54) is 17.4 Å². The van der Waals surface area contributed by atoms with Crippen LogP contribution in [0.1, 0.15) is 17.5 Å². The number of thiazole rings is 1. The molecule has 0 bridgehead atoms. The molecule has 0 aliphatic heterocycles. The Morgan fingerprint density at radius 2 is 1.90 bits per heavy atom. The molecule has 7 nitrogen and oxygen atoms in total. The zero-order valence-electron chi connectivity index (χ0n) is 16.7. The van der Waals surface area contributed by atoms with Crippen LogP contribution in [0.4, 0.5) is 0 Å². The maximum absolute atomic E-state index is 12.3. The van der Waals surface area contributed by atoms with Gasteiger partial charge in [0.1, 0.15) is 16.8 Å². The van der Waals surface area contributed by atoms with Crippen LogP contribution >= 0.6 is 11.3 Å². The van der Waals surface area contributed by atoms with Gasteiger partial charge in [0, 0.05) is 29.4 Å². The lowest BCUT2D eigenvalue weighted by Crippen LogP contribution is -2.44. The smallest absolute Gasteiger partial charge is 0.244 e. The summed E-state index contributed by atoms with van der Waals surface area (Å²) in [4.78, 5) is 32.9. The van der Waals surface area contributed by atoms with E-state index in [1.807, 2.05) is 41.8 Å². The average Bonchev–Trinajstić information content (AvgIpc) is 3.26.